The molecule has 3 heterocycles. The summed E-state index contributed by atoms with van der Waals surface area (Å²) in [5, 5.41) is 6.20. The predicted molar refractivity (Wildman–Crippen MR) is 82.7 cm³/mol. The van der Waals surface area contributed by atoms with Crippen LogP contribution in [0.2, 0.25) is 0 Å². The molecule has 5 nitrogen and oxygen atoms in total. The first-order valence-corrected chi connectivity index (χ1v) is 8.09. The highest BCUT2D eigenvalue weighted by atomic mass is 32.1. The molecule has 0 bridgehead atoms. The summed E-state index contributed by atoms with van der Waals surface area (Å²) in [5.41, 5.74) is 0. The number of nitrogens with zero attached hydrogens (tertiary/aromatic N) is 3. The average molecular weight is 292 g/mol. The van der Waals surface area contributed by atoms with Crippen LogP contribution in [0.3, 0.4) is 0 Å². The molecule has 108 valence electrons. The molecule has 0 radical (unpaired) electrons. The summed E-state index contributed by atoms with van der Waals surface area (Å²) >= 11 is 1.62. The molecule has 0 saturated carbocycles. The van der Waals surface area contributed by atoms with Crippen LogP contribution in [0.15, 0.2) is 11.4 Å². The molecule has 0 aromatic carbocycles. The Hall–Kier alpha value is -1.40. The van der Waals surface area contributed by atoms with Crippen LogP contribution in [0, 0.1) is 0 Å². The van der Waals surface area contributed by atoms with Crippen LogP contribution in [0.4, 0.5) is 5.95 Å². The normalized spacial score (nSPS) is 15.8. The highest BCUT2D eigenvalue weighted by Gasteiger charge is 2.13. The molecule has 0 spiro atoms. The van der Waals surface area contributed by atoms with Crippen molar-refractivity contribution in [2.75, 3.05) is 38.1 Å². The molecular weight excluding hydrogens is 272 g/mol. The second-order valence-corrected chi connectivity index (χ2v) is 5.81. The summed E-state index contributed by atoms with van der Waals surface area (Å²) in [4.78, 5) is 12.4. The number of fused-ring (bicyclic) bond motifs is 1. The van der Waals surface area contributed by atoms with E-state index in [-0.39, 0.29) is 0 Å². The molecule has 1 aliphatic heterocycles. The molecule has 0 unspecified atom stereocenters. The fourth-order valence-electron chi connectivity index (χ4n) is 2.45. The molecule has 2 aromatic heterocycles. The molecule has 6 heteroatoms. The smallest absolute Gasteiger partial charge is 0.227 e. The van der Waals surface area contributed by atoms with E-state index in [1.807, 2.05) is 18.4 Å². The fourth-order valence-corrected chi connectivity index (χ4v) is 3.21. The number of rotatable bonds is 6. The van der Waals surface area contributed by atoms with Gasteiger partial charge in [0.05, 0.1) is 5.39 Å². The van der Waals surface area contributed by atoms with Crippen molar-refractivity contribution in [3.63, 3.8) is 0 Å². The van der Waals surface area contributed by atoms with Crippen molar-refractivity contribution in [3.8, 4) is 5.88 Å². The maximum Gasteiger partial charge on any atom is 0.227 e. The Morgan fingerprint density at radius 1 is 1.35 bits per heavy atom. The van der Waals surface area contributed by atoms with Gasteiger partial charge < -0.3 is 10.1 Å². The molecule has 0 amide bonds. The number of thiophene rings is 1. The van der Waals surface area contributed by atoms with E-state index in [9.17, 15) is 0 Å². The van der Waals surface area contributed by atoms with E-state index in [1.54, 1.807) is 11.3 Å². The Bertz CT molecular complexity index is 565. The van der Waals surface area contributed by atoms with Crippen LogP contribution in [0.1, 0.15) is 19.8 Å². The minimum Gasteiger partial charge on any atom is -0.476 e. The van der Waals surface area contributed by atoms with Gasteiger partial charge >= 0.3 is 0 Å². The molecule has 20 heavy (non-hydrogen) atoms. The van der Waals surface area contributed by atoms with Gasteiger partial charge in [0.1, 0.15) is 11.4 Å². The maximum atomic E-state index is 5.90. The monoisotopic (exact) mass is 292 g/mol. The topological polar surface area (TPSA) is 50.3 Å². The predicted octanol–water partition coefficient (Wildman–Crippen LogP) is 2.60. The van der Waals surface area contributed by atoms with Gasteiger partial charge in [-0.3, -0.25) is 4.90 Å². The Kier molecular flexibility index (Phi) is 4.32. The lowest BCUT2D eigenvalue weighted by Gasteiger charge is -2.15. The lowest BCUT2D eigenvalue weighted by molar-refractivity contribution is 0.234. The van der Waals surface area contributed by atoms with Crippen molar-refractivity contribution in [1.82, 2.24) is 14.9 Å². The molecule has 0 aliphatic carbocycles. The SMILES string of the molecule is CCNc1nc(OCCN2CCCC2)c2ccsc2n1. The van der Waals surface area contributed by atoms with Crippen molar-refractivity contribution in [1.29, 1.82) is 0 Å². The first-order chi connectivity index (χ1) is 9.86. The van der Waals surface area contributed by atoms with Crippen LogP contribution in [0.25, 0.3) is 10.2 Å². The zero-order chi connectivity index (χ0) is 13.8. The van der Waals surface area contributed by atoms with Gasteiger partial charge in [-0.1, -0.05) is 0 Å². The Morgan fingerprint density at radius 3 is 3.00 bits per heavy atom. The fraction of sp³-hybridized carbons (Fsp3) is 0.571. The van der Waals surface area contributed by atoms with E-state index in [4.69, 9.17) is 4.74 Å². The van der Waals surface area contributed by atoms with Crippen molar-refractivity contribution in [3.05, 3.63) is 11.4 Å². The summed E-state index contributed by atoms with van der Waals surface area (Å²) in [5.74, 6) is 1.35. The van der Waals surface area contributed by atoms with E-state index in [2.05, 4.69) is 20.2 Å². The van der Waals surface area contributed by atoms with Gasteiger partial charge in [-0.05, 0) is 44.3 Å². The summed E-state index contributed by atoms with van der Waals surface area (Å²) in [7, 11) is 0. The molecule has 3 rings (SSSR count). The van der Waals surface area contributed by atoms with Crippen molar-refractivity contribution in [2.24, 2.45) is 0 Å². The van der Waals surface area contributed by atoms with Gasteiger partial charge in [-0.2, -0.15) is 4.98 Å². The Balaban J connectivity index is 1.69. The number of anilines is 1. The third-order valence-electron chi connectivity index (χ3n) is 3.47. The number of aromatic nitrogens is 2. The standard InChI is InChI=1S/C14H20N4OS/c1-2-15-14-16-12(11-5-10-20-13(11)17-14)19-9-8-18-6-3-4-7-18/h5,10H,2-4,6-9H2,1H3,(H,15,16,17). The first-order valence-electron chi connectivity index (χ1n) is 7.21. The molecular formula is C14H20N4OS. The third kappa shape index (κ3) is 3.02. The van der Waals surface area contributed by atoms with E-state index in [1.165, 1.54) is 25.9 Å². The van der Waals surface area contributed by atoms with E-state index < -0.39 is 0 Å². The van der Waals surface area contributed by atoms with E-state index in [0.29, 0.717) is 18.4 Å². The second kappa shape index (κ2) is 6.37. The van der Waals surface area contributed by atoms with Gasteiger partial charge in [0.25, 0.3) is 0 Å². The maximum absolute atomic E-state index is 5.90. The van der Waals surface area contributed by atoms with Crippen molar-refractivity contribution < 1.29 is 4.74 Å². The minimum absolute atomic E-state index is 0.652. The molecule has 1 saturated heterocycles. The van der Waals surface area contributed by atoms with Gasteiger partial charge in [-0.25, -0.2) is 4.98 Å². The zero-order valence-corrected chi connectivity index (χ0v) is 12.6. The minimum atomic E-state index is 0.652. The number of hydrogen-bond acceptors (Lipinski definition) is 6. The van der Waals surface area contributed by atoms with Gasteiger partial charge in [-0.15, -0.1) is 11.3 Å². The average Bonchev–Trinajstić information content (AvgIpc) is 3.09. The second-order valence-electron chi connectivity index (χ2n) is 4.92. The summed E-state index contributed by atoms with van der Waals surface area (Å²) in [6.07, 6.45) is 2.62. The van der Waals surface area contributed by atoms with Crippen LogP contribution in [-0.2, 0) is 0 Å². The Morgan fingerprint density at radius 2 is 2.20 bits per heavy atom. The van der Waals surface area contributed by atoms with E-state index in [0.717, 1.165) is 23.3 Å². The molecule has 1 aliphatic rings. The highest BCUT2D eigenvalue weighted by Crippen LogP contribution is 2.28. The first kappa shape index (κ1) is 13.6. The number of likely N-dealkylation sites (tertiary alicyclic amines) is 1. The van der Waals surface area contributed by atoms with Gasteiger partial charge in [0.2, 0.25) is 11.8 Å². The largest absolute Gasteiger partial charge is 0.476 e. The summed E-state index contributed by atoms with van der Waals surface area (Å²) in [6.45, 7) is 6.91. The zero-order valence-electron chi connectivity index (χ0n) is 11.8. The van der Waals surface area contributed by atoms with Crippen molar-refractivity contribution >= 4 is 27.5 Å². The van der Waals surface area contributed by atoms with Crippen LogP contribution in [-0.4, -0.2) is 47.7 Å². The molecule has 2 aromatic rings. The summed E-state index contributed by atoms with van der Waals surface area (Å²) in [6, 6.07) is 2.03. The number of nitrogens with one attached hydrogen (secondary N) is 1. The molecule has 1 N–H and O–H groups in total. The van der Waals surface area contributed by atoms with E-state index >= 15 is 0 Å². The molecule has 1 fully saturated rings. The molecule has 0 atom stereocenters. The van der Waals surface area contributed by atoms with Crippen LogP contribution in [0.5, 0.6) is 5.88 Å². The third-order valence-corrected chi connectivity index (χ3v) is 4.28. The lowest BCUT2D eigenvalue weighted by Crippen LogP contribution is -2.25. The lowest BCUT2D eigenvalue weighted by atomic mass is 10.4. The van der Waals surface area contributed by atoms with Crippen molar-refractivity contribution in [2.45, 2.75) is 19.8 Å². The van der Waals surface area contributed by atoms with Crippen LogP contribution < -0.4 is 10.1 Å². The van der Waals surface area contributed by atoms with Crippen LogP contribution >= 0.6 is 11.3 Å². The number of hydrogen-bond donors (Lipinski definition) is 1. The Labute approximate surface area is 123 Å². The quantitative estimate of drug-likeness (QED) is 0.887. The summed E-state index contributed by atoms with van der Waals surface area (Å²) < 4.78 is 5.90. The highest BCUT2D eigenvalue weighted by molar-refractivity contribution is 7.16. The number of ether oxygens (including phenoxy) is 1. The van der Waals surface area contributed by atoms with Gasteiger partial charge in [0.15, 0.2) is 0 Å². The van der Waals surface area contributed by atoms with Gasteiger partial charge in [0, 0.05) is 13.1 Å².